The molecule has 0 unspecified atom stereocenters. The van der Waals surface area contributed by atoms with Gasteiger partial charge in [0.2, 0.25) is 10.3 Å². The van der Waals surface area contributed by atoms with Gasteiger partial charge in [-0.25, -0.2) is 0 Å². The molecule has 0 aliphatic rings. The molecule has 1 heterocycles. The van der Waals surface area contributed by atoms with Crippen molar-refractivity contribution in [3.05, 3.63) is 68.8 Å². The zero-order valence-electron chi connectivity index (χ0n) is 12.4. The molecule has 0 bridgehead atoms. The molecule has 2 aromatic carbocycles. The molecule has 0 radical (unpaired) electrons. The van der Waals surface area contributed by atoms with E-state index in [0.717, 1.165) is 0 Å². The molecule has 2 N–H and O–H groups in total. The summed E-state index contributed by atoms with van der Waals surface area (Å²) >= 11 is 1.23. The van der Waals surface area contributed by atoms with Crippen LogP contribution in [0.1, 0.15) is 0 Å². The van der Waals surface area contributed by atoms with Gasteiger partial charge in [0.1, 0.15) is 0 Å². The lowest BCUT2D eigenvalue weighted by Crippen LogP contribution is -1.91. The first-order chi connectivity index (χ1) is 12.0. The third kappa shape index (κ3) is 4.03. The minimum atomic E-state index is -0.471. The zero-order valence-corrected chi connectivity index (χ0v) is 13.3. The first kappa shape index (κ1) is 16.3. The molecule has 0 aliphatic heterocycles. The van der Waals surface area contributed by atoms with Gasteiger partial charge in [0.15, 0.2) is 0 Å². The molecule has 3 rings (SSSR count). The average Bonchev–Trinajstić information content (AvgIpc) is 3.02. The lowest BCUT2D eigenvalue weighted by Gasteiger charge is -2.01. The molecule has 0 atom stereocenters. The van der Waals surface area contributed by atoms with Crippen LogP contribution in [0.5, 0.6) is 0 Å². The summed E-state index contributed by atoms with van der Waals surface area (Å²) in [5.41, 5.74) is 1.29. The maximum Gasteiger partial charge on any atom is 0.269 e. The average molecular weight is 358 g/mol. The summed E-state index contributed by atoms with van der Waals surface area (Å²) in [4.78, 5) is 20.3. The lowest BCUT2D eigenvalue weighted by atomic mass is 10.3. The molecule has 0 amide bonds. The van der Waals surface area contributed by atoms with E-state index in [2.05, 4.69) is 20.8 Å². The molecule has 3 aromatic rings. The summed E-state index contributed by atoms with van der Waals surface area (Å²) in [5.74, 6) is 0. The van der Waals surface area contributed by atoms with E-state index in [-0.39, 0.29) is 11.4 Å². The van der Waals surface area contributed by atoms with Crippen LogP contribution in [-0.4, -0.2) is 20.0 Å². The van der Waals surface area contributed by atoms with E-state index >= 15 is 0 Å². The predicted octanol–water partition coefficient (Wildman–Crippen LogP) is 3.84. The van der Waals surface area contributed by atoms with E-state index in [4.69, 9.17) is 0 Å². The monoisotopic (exact) mass is 358 g/mol. The van der Waals surface area contributed by atoms with Gasteiger partial charge in [0.05, 0.1) is 9.85 Å². The van der Waals surface area contributed by atoms with Crippen molar-refractivity contribution in [2.45, 2.75) is 0 Å². The molecule has 126 valence electrons. The Bertz CT molecular complexity index is 836. The number of nitrogens with zero attached hydrogens (tertiary/aromatic N) is 4. The second-order valence-corrected chi connectivity index (χ2v) is 5.75. The Morgan fingerprint density at radius 2 is 1.08 bits per heavy atom. The van der Waals surface area contributed by atoms with Gasteiger partial charge < -0.3 is 10.6 Å². The maximum absolute atomic E-state index is 10.6. The smallest absolute Gasteiger partial charge is 0.269 e. The van der Waals surface area contributed by atoms with Crippen LogP contribution >= 0.6 is 11.3 Å². The van der Waals surface area contributed by atoms with Crippen LogP contribution in [0.25, 0.3) is 0 Å². The van der Waals surface area contributed by atoms with E-state index < -0.39 is 9.85 Å². The number of rotatable bonds is 6. The first-order valence-electron chi connectivity index (χ1n) is 6.88. The third-order valence-electron chi connectivity index (χ3n) is 3.08. The van der Waals surface area contributed by atoms with E-state index in [1.54, 1.807) is 24.3 Å². The number of non-ortho nitro benzene ring substituents is 2. The highest BCUT2D eigenvalue weighted by Crippen LogP contribution is 2.27. The number of anilines is 4. The van der Waals surface area contributed by atoms with Gasteiger partial charge in [-0.15, -0.1) is 10.2 Å². The fraction of sp³-hybridized carbons (Fsp3) is 0. The van der Waals surface area contributed by atoms with Gasteiger partial charge in [0.25, 0.3) is 11.4 Å². The second-order valence-electron chi connectivity index (χ2n) is 4.77. The van der Waals surface area contributed by atoms with Gasteiger partial charge in [-0.1, -0.05) is 11.3 Å². The van der Waals surface area contributed by atoms with Crippen LogP contribution in [-0.2, 0) is 0 Å². The second kappa shape index (κ2) is 6.88. The first-order valence-corrected chi connectivity index (χ1v) is 7.69. The quantitative estimate of drug-likeness (QED) is 0.501. The van der Waals surface area contributed by atoms with E-state index in [9.17, 15) is 20.2 Å². The molecule has 0 saturated heterocycles. The minimum absolute atomic E-state index is 0.00309. The number of benzene rings is 2. The number of hydrogen-bond donors (Lipinski definition) is 2. The van der Waals surface area contributed by atoms with Crippen molar-refractivity contribution in [2.24, 2.45) is 0 Å². The normalized spacial score (nSPS) is 10.2. The third-order valence-corrected chi connectivity index (χ3v) is 3.84. The molecule has 10 nitrogen and oxygen atoms in total. The number of aromatic nitrogens is 2. The Hall–Kier alpha value is -3.60. The van der Waals surface area contributed by atoms with E-state index in [1.165, 1.54) is 35.6 Å². The Morgan fingerprint density at radius 1 is 0.720 bits per heavy atom. The van der Waals surface area contributed by atoms with E-state index in [0.29, 0.717) is 21.6 Å². The van der Waals surface area contributed by atoms with Crippen molar-refractivity contribution in [3.63, 3.8) is 0 Å². The minimum Gasteiger partial charge on any atom is -0.330 e. The van der Waals surface area contributed by atoms with Crippen LogP contribution in [0.15, 0.2) is 48.5 Å². The summed E-state index contributed by atoms with van der Waals surface area (Å²) in [6.07, 6.45) is 0. The van der Waals surface area contributed by atoms with Crippen molar-refractivity contribution < 1.29 is 9.85 Å². The molecule has 1 aromatic heterocycles. The Labute approximate surface area is 144 Å². The molecule has 0 aliphatic carbocycles. The SMILES string of the molecule is O=[N+]([O-])c1ccc(Nc2nnc(Nc3ccc([N+](=O)[O-])cc3)s2)cc1. The van der Waals surface area contributed by atoms with Gasteiger partial charge in [0, 0.05) is 35.6 Å². The van der Waals surface area contributed by atoms with E-state index in [1.807, 2.05) is 0 Å². The van der Waals surface area contributed by atoms with Crippen LogP contribution in [0.2, 0.25) is 0 Å². The highest BCUT2D eigenvalue weighted by atomic mass is 32.1. The molecular formula is C14H10N6O4S. The molecule has 0 fully saturated rings. The molecule has 11 heteroatoms. The molecule has 0 spiro atoms. The van der Waals surface area contributed by atoms with Crippen molar-refractivity contribution in [1.82, 2.24) is 10.2 Å². The topological polar surface area (TPSA) is 136 Å². The molecular weight excluding hydrogens is 348 g/mol. The maximum atomic E-state index is 10.6. The number of nitro groups is 2. The summed E-state index contributed by atoms with van der Waals surface area (Å²) in [6, 6.07) is 11.8. The highest BCUT2D eigenvalue weighted by Gasteiger charge is 2.08. The van der Waals surface area contributed by atoms with Crippen molar-refractivity contribution >= 4 is 44.3 Å². The number of nitrogens with one attached hydrogen (secondary N) is 2. The van der Waals surface area contributed by atoms with Crippen LogP contribution < -0.4 is 10.6 Å². The molecule has 0 saturated carbocycles. The number of hydrogen-bond acceptors (Lipinski definition) is 9. The summed E-state index contributed by atoms with van der Waals surface area (Å²) in [5, 5.41) is 36.2. The largest absolute Gasteiger partial charge is 0.330 e. The van der Waals surface area contributed by atoms with Crippen LogP contribution in [0.3, 0.4) is 0 Å². The lowest BCUT2D eigenvalue weighted by molar-refractivity contribution is -0.385. The summed E-state index contributed by atoms with van der Waals surface area (Å²) in [7, 11) is 0. The van der Waals surface area contributed by atoms with Crippen molar-refractivity contribution in [3.8, 4) is 0 Å². The Kier molecular flexibility index (Phi) is 4.48. The zero-order chi connectivity index (χ0) is 17.8. The van der Waals surface area contributed by atoms with Gasteiger partial charge in [-0.3, -0.25) is 20.2 Å². The predicted molar refractivity (Wildman–Crippen MR) is 92.7 cm³/mol. The van der Waals surface area contributed by atoms with Crippen LogP contribution in [0.4, 0.5) is 33.0 Å². The fourth-order valence-electron chi connectivity index (χ4n) is 1.90. The highest BCUT2D eigenvalue weighted by molar-refractivity contribution is 7.19. The van der Waals surface area contributed by atoms with Gasteiger partial charge >= 0.3 is 0 Å². The summed E-state index contributed by atoms with van der Waals surface area (Å²) in [6.45, 7) is 0. The van der Waals surface area contributed by atoms with Crippen LogP contribution in [0, 0.1) is 20.2 Å². The van der Waals surface area contributed by atoms with Crippen molar-refractivity contribution in [2.75, 3.05) is 10.6 Å². The Balaban J connectivity index is 1.65. The number of nitro benzene ring substituents is 2. The summed E-state index contributed by atoms with van der Waals surface area (Å²) < 4.78 is 0. The van der Waals surface area contributed by atoms with Gasteiger partial charge in [-0.2, -0.15) is 0 Å². The standard InChI is InChI=1S/C14H10N6O4S/c21-19(22)11-5-1-9(2-6-11)15-13-17-18-14(25-13)16-10-3-7-12(8-4-10)20(23)24/h1-8H,(H,15,17)(H,16,18). The van der Waals surface area contributed by atoms with Gasteiger partial charge in [-0.05, 0) is 24.3 Å². The molecule has 25 heavy (non-hydrogen) atoms. The fourth-order valence-corrected chi connectivity index (χ4v) is 2.59. The Morgan fingerprint density at radius 3 is 1.40 bits per heavy atom. The van der Waals surface area contributed by atoms with Crippen molar-refractivity contribution in [1.29, 1.82) is 0 Å².